The van der Waals surface area contributed by atoms with Crippen LogP contribution in [0.15, 0.2) is 84.0 Å². The number of fused-ring (bicyclic) bond motifs is 1. The molecule has 4 aromatic rings. The highest BCUT2D eigenvalue weighted by atomic mass is 16.3. The van der Waals surface area contributed by atoms with Gasteiger partial charge in [-0.3, -0.25) is 4.99 Å². The topological polar surface area (TPSA) is 58.4 Å². The van der Waals surface area contributed by atoms with E-state index in [2.05, 4.69) is 15.0 Å². The van der Waals surface area contributed by atoms with Crippen molar-refractivity contribution in [3.8, 4) is 17.0 Å². The van der Waals surface area contributed by atoms with Crippen molar-refractivity contribution in [2.75, 3.05) is 0 Å². The third-order valence-electron chi connectivity index (χ3n) is 3.88. The molecule has 25 heavy (non-hydrogen) atoms. The second-order valence-electron chi connectivity index (χ2n) is 5.64. The first-order valence-corrected chi connectivity index (χ1v) is 7.93. The Bertz CT molecular complexity index is 1040. The summed E-state index contributed by atoms with van der Waals surface area (Å²) >= 11 is 0. The average Bonchev–Trinajstić information content (AvgIpc) is 2.68. The molecule has 0 fully saturated rings. The number of benzene rings is 2. The maximum absolute atomic E-state index is 9.29. The molecule has 2 aromatic heterocycles. The van der Waals surface area contributed by atoms with Crippen LogP contribution in [0.3, 0.4) is 0 Å². The minimum absolute atomic E-state index is 0.249. The highest BCUT2D eigenvalue weighted by molar-refractivity contribution is 5.82. The summed E-state index contributed by atoms with van der Waals surface area (Å²) in [5.41, 5.74) is 4.45. The van der Waals surface area contributed by atoms with Crippen molar-refractivity contribution < 1.29 is 5.11 Å². The fraction of sp³-hybridized carbons (Fsp3) is 0. The van der Waals surface area contributed by atoms with Gasteiger partial charge in [0.2, 0.25) is 0 Å². The highest BCUT2D eigenvalue weighted by Gasteiger charge is 2.02. The van der Waals surface area contributed by atoms with E-state index in [4.69, 9.17) is 0 Å². The SMILES string of the molecule is Oc1ccc(C=Nc2ccc(-c3ccc4cccnc4n3)cc2)cc1. The van der Waals surface area contributed by atoms with Crippen LogP contribution < -0.4 is 0 Å². The first-order chi connectivity index (χ1) is 12.3. The molecule has 0 radical (unpaired) electrons. The normalized spacial score (nSPS) is 11.2. The van der Waals surface area contributed by atoms with Crippen molar-refractivity contribution >= 4 is 22.9 Å². The minimum atomic E-state index is 0.249. The van der Waals surface area contributed by atoms with Crippen molar-refractivity contribution in [1.29, 1.82) is 0 Å². The Morgan fingerprint density at radius 1 is 0.840 bits per heavy atom. The number of phenolic OH excluding ortho intramolecular Hbond substituents is 1. The number of aromatic nitrogens is 2. The predicted octanol–water partition coefficient (Wildman–Crippen LogP) is 4.75. The fourth-order valence-electron chi connectivity index (χ4n) is 2.54. The molecule has 0 unspecified atom stereocenters. The summed E-state index contributed by atoms with van der Waals surface area (Å²) < 4.78 is 0. The predicted molar refractivity (Wildman–Crippen MR) is 100 cm³/mol. The quantitative estimate of drug-likeness (QED) is 0.553. The summed E-state index contributed by atoms with van der Waals surface area (Å²) in [6.45, 7) is 0. The van der Waals surface area contributed by atoms with Crippen LogP contribution in [0.5, 0.6) is 5.75 Å². The zero-order valence-corrected chi connectivity index (χ0v) is 13.4. The number of hydrogen-bond acceptors (Lipinski definition) is 4. The van der Waals surface area contributed by atoms with E-state index in [9.17, 15) is 5.11 Å². The Hall–Kier alpha value is -3.53. The molecule has 120 valence electrons. The van der Waals surface area contributed by atoms with Gasteiger partial charge in [0.25, 0.3) is 0 Å². The van der Waals surface area contributed by atoms with Gasteiger partial charge in [0, 0.05) is 23.4 Å². The lowest BCUT2D eigenvalue weighted by atomic mass is 10.1. The van der Waals surface area contributed by atoms with Crippen molar-refractivity contribution in [2.24, 2.45) is 4.99 Å². The lowest BCUT2D eigenvalue weighted by Gasteiger charge is -2.03. The van der Waals surface area contributed by atoms with E-state index in [1.165, 1.54) is 0 Å². The molecule has 2 heterocycles. The second kappa shape index (κ2) is 6.53. The first-order valence-electron chi connectivity index (χ1n) is 7.93. The Morgan fingerprint density at radius 3 is 2.44 bits per heavy atom. The third kappa shape index (κ3) is 3.38. The number of aliphatic imine (C=N–C) groups is 1. The molecule has 0 atom stereocenters. The van der Waals surface area contributed by atoms with E-state index in [0.29, 0.717) is 0 Å². The molecule has 1 N–H and O–H groups in total. The van der Waals surface area contributed by atoms with Crippen molar-refractivity contribution in [2.45, 2.75) is 0 Å². The molecular weight excluding hydrogens is 310 g/mol. The molecule has 0 saturated carbocycles. The van der Waals surface area contributed by atoms with Gasteiger partial charge in [0.05, 0.1) is 11.4 Å². The van der Waals surface area contributed by atoms with Gasteiger partial charge >= 0.3 is 0 Å². The lowest BCUT2D eigenvalue weighted by molar-refractivity contribution is 0.475. The molecule has 4 nitrogen and oxygen atoms in total. The maximum atomic E-state index is 9.29. The van der Waals surface area contributed by atoms with Crippen molar-refractivity contribution in [3.05, 3.63) is 84.6 Å². The van der Waals surface area contributed by atoms with Crippen LogP contribution >= 0.6 is 0 Å². The largest absolute Gasteiger partial charge is 0.508 e. The summed E-state index contributed by atoms with van der Waals surface area (Å²) in [4.78, 5) is 13.4. The summed E-state index contributed by atoms with van der Waals surface area (Å²) in [6, 6.07) is 22.8. The highest BCUT2D eigenvalue weighted by Crippen LogP contribution is 2.23. The number of aromatic hydroxyl groups is 1. The van der Waals surface area contributed by atoms with Crippen LogP contribution in [0.4, 0.5) is 5.69 Å². The van der Waals surface area contributed by atoms with Gasteiger partial charge in [-0.25, -0.2) is 9.97 Å². The maximum Gasteiger partial charge on any atom is 0.159 e. The van der Waals surface area contributed by atoms with E-state index < -0.39 is 0 Å². The van der Waals surface area contributed by atoms with Gasteiger partial charge in [-0.1, -0.05) is 12.1 Å². The molecule has 0 spiro atoms. The Labute approximate surface area is 145 Å². The monoisotopic (exact) mass is 325 g/mol. The van der Waals surface area contributed by atoms with Crippen LogP contribution in [0.25, 0.3) is 22.3 Å². The van der Waals surface area contributed by atoms with Crippen LogP contribution in [-0.2, 0) is 0 Å². The van der Waals surface area contributed by atoms with E-state index in [0.717, 1.165) is 33.5 Å². The summed E-state index contributed by atoms with van der Waals surface area (Å²) in [7, 11) is 0. The molecular formula is C21H15N3O. The smallest absolute Gasteiger partial charge is 0.159 e. The summed E-state index contributed by atoms with van der Waals surface area (Å²) in [5.74, 6) is 0.249. The molecule has 0 aliphatic carbocycles. The van der Waals surface area contributed by atoms with Gasteiger partial charge in [-0.05, 0) is 66.2 Å². The molecule has 4 heteroatoms. The van der Waals surface area contributed by atoms with Crippen LogP contribution in [0, 0.1) is 0 Å². The zero-order valence-electron chi connectivity index (χ0n) is 13.4. The van der Waals surface area contributed by atoms with E-state index in [1.54, 1.807) is 24.5 Å². The molecule has 4 rings (SSSR count). The second-order valence-corrected chi connectivity index (χ2v) is 5.64. The van der Waals surface area contributed by atoms with Crippen LogP contribution in [0.1, 0.15) is 5.56 Å². The Morgan fingerprint density at radius 2 is 1.64 bits per heavy atom. The number of pyridine rings is 2. The molecule has 0 aliphatic heterocycles. The van der Waals surface area contributed by atoms with Gasteiger partial charge in [-0.15, -0.1) is 0 Å². The molecule has 2 aromatic carbocycles. The number of rotatable bonds is 3. The van der Waals surface area contributed by atoms with Crippen molar-refractivity contribution in [3.63, 3.8) is 0 Å². The van der Waals surface area contributed by atoms with Gasteiger partial charge in [0.15, 0.2) is 5.65 Å². The molecule has 0 bridgehead atoms. The summed E-state index contributed by atoms with van der Waals surface area (Å²) in [5, 5.41) is 10.3. The van der Waals surface area contributed by atoms with Gasteiger partial charge in [0.1, 0.15) is 5.75 Å². The minimum Gasteiger partial charge on any atom is -0.508 e. The Balaban J connectivity index is 1.57. The Kier molecular flexibility index (Phi) is 3.92. The molecule has 0 aliphatic rings. The van der Waals surface area contributed by atoms with E-state index in [1.807, 2.05) is 60.7 Å². The number of nitrogens with zero attached hydrogens (tertiary/aromatic N) is 3. The molecule has 0 saturated heterocycles. The van der Waals surface area contributed by atoms with Crippen LogP contribution in [0.2, 0.25) is 0 Å². The van der Waals surface area contributed by atoms with E-state index >= 15 is 0 Å². The first kappa shape index (κ1) is 15.0. The summed E-state index contributed by atoms with van der Waals surface area (Å²) in [6.07, 6.45) is 3.52. The van der Waals surface area contributed by atoms with E-state index in [-0.39, 0.29) is 5.75 Å². The average molecular weight is 325 g/mol. The lowest BCUT2D eigenvalue weighted by Crippen LogP contribution is -1.87. The number of hydrogen-bond donors (Lipinski definition) is 1. The third-order valence-corrected chi connectivity index (χ3v) is 3.88. The number of phenols is 1. The van der Waals surface area contributed by atoms with Crippen molar-refractivity contribution in [1.82, 2.24) is 9.97 Å². The van der Waals surface area contributed by atoms with Gasteiger partial charge in [-0.2, -0.15) is 0 Å². The molecule has 0 amide bonds. The van der Waals surface area contributed by atoms with Crippen LogP contribution in [-0.4, -0.2) is 21.3 Å². The standard InChI is InChI=1S/C21H15N3O/c25-19-10-3-15(4-11-19)14-23-18-8-5-16(6-9-18)20-12-7-17-2-1-13-22-21(17)24-20/h1-14,25H. The fourth-order valence-corrected chi connectivity index (χ4v) is 2.54. The van der Waals surface area contributed by atoms with Gasteiger partial charge < -0.3 is 5.11 Å². The zero-order chi connectivity index (χ0) is 17.1.